The van der Waals surface area contributed by atoms with Crippen LogP contribution in [0.15, 0.2) is 67.1 Å². The summed E-state index contributed by atoms with van der Waals surface area (Å²) >= 11 is 0. The molecular weight excluding hydrogens is 398 g/mol. The van der Waals surface area contributed by atoms with Crippen LogP contribution in [-0.4, -0.2) is 50.2 Å². The summed E-state index contributed by atoms with van der Waals surface area (Å²) in [5, 5.41) is 3.41. The minimum absolute atomic E-state index is 0.115. The molecule has 1 unspecified atom stereocenters. The Morgan fingerprint density at radius 3 is 2.84 bits per heavy atom. The molecule has 2 aliphatic rings. The third-order valence-corrected chi connectivity index (χ3v) is 6.71. The zero-order chi connectivity index (χ0) is 21.5. The van der Waals surface area contributed by atoms with E-state index in [0.29, 0.717) is 12.0 Å². The SMILES string of the molecule is C[C@H](Nc1nccc(-n2cnc3cc(N4CC5CCCN5C4)ccc32)n1)c1ccccc1. The first-order valence-electron chi connectivity index (χ1n) is 11.4. The first-order valence-corrected chi connectivity index (χ1v) is 11.4. The van der Waals surface area contributed by atoms with Crippen LogP contribution in [-0.2, 0) is 0 Å². The number of fused-ring (bicyclic) bond motifs is 2. The third-order valence-electron chi connectivity index (χ3n) is 6.71. The van der Waals surface area contributed by atoms with E-state index in [1.165, 1.54) is 30.6 Å². The van der Waals surface area contributed by atoms with E-state index in [0.717, 1.165) is 30.1 Å². The van der Waals surface area contributed by atoms with Crippen molar-refractivity contribution in [2.75, 3.05) is 30.0 Å². The summed E-state index contributed by atoms with van der Waals surface area (Å²) in [7, 11) is 0. The average Bonchev–Trinajstić information content (AvgIpc) is 3.54. The quantitative estimate of drug-likeness (QED) is 0.516. The largest absolute Gasteiger partial charge is 0.357 e. The second kappa shape index (κ2) is 7.91. The molecule has 7 nitrogen and oxygen atoms in total. The lowest BCUT2D eigenvalue weighted by atomic mass is 10.1. The number of imidazole rings is 1. The summed E-state index contributed by atoms with van der Waals surface area (Å²) < 4.78 is 2.03. The lowest BCUT2D eigenvalue weighted by Crippen LogP contribution is -2.25. The molecule has 0 spiro atoms. The van der Waals surface area contributed by atoms with Crippen molar-refractivity contribution in [3.63, 3.8) is 0 Å². The maximum absolute atomic E-state index is 4.75. The van der Waals surface area contributed by atoms with Gasteiger partial charge in [0.25, 0.3) is 0 Å². The molecule has 1 N–H and O–H groups in total. The van der Waals surface area contributed by atoms with Gasteiger partial charge in [-0.15, -0.1) is 0 Å². The molecule has 2 aromatic carbocycles. The highest BCUT2D eigenvalue weighted by molar-refractivity contribution is 5.81. The molecule has 0 saturated carbocycles. The van der Waals surface area contributed by atoms with Gasteiger partial charge >= 0.3 is 0 Å². The zero-order valence-electron chi connectivity index (χ0n) is 18.2. The van der Waals surface area contributed by atoms with Gasteiger partial charge in [0, 0.05) is 31.0 Å². The predicted molar refractivity (Wildman–Crippen MR) is 127 cm³/mol. The Morgan fingerprint density at radius 1 is 1.06 bits per heavy atom. The van der Waals surface area contributed by atoms with Gasteiger partial charge in [0.05, 0.1) is 23.7 Å². The Bertz CT molecular complexity index is 1220. The molecule has 2 aromatic heterocycles. The van der Waals surface area contributed by atoms with Crippen LogP contribution in [0, 0.1) is 0 Å². The summed E-state index contributed by atoms with van der Waals surface area (Å²) in [5.74, 6) is 1.41. The van der Waals surface area contributed by atoms with E-state index in [1.54, 1.807) is 6.20 Å². The Labute approximate surface area is 187 Å². The Morgan fingerprint density at radius 2 is 1.97 bits per heavy atom. The van der Waals surface area contributed by atoms with Crippen molar-refractivity contribution < 1.29 is 0 Å². The summed E-state index contributed by atoms with van der Waals surface area (Å²) in [6.07, 6.45) is 6.30. The van der Waals surface area contributed by atoms with Gasteiger partial charge in [0.1, 0.15) is 12.1 Å². The van der Waals surface area contributed by atoms with Gasteiger partial charge in [-0.25, -0.2) is 9.97 Å². The Kier molecular flexibility index (Phi) is 4.76. The maximum Gasteiger partial charge on any atom is 0.225 e. The van der Waals surface area contributed by atoms with Crippen LogP contribution < -0.4 is 10.2 Å². The van der Waals surface area contributed by atoms with Crippen molar-refractivity contribution in [1.29, 1.82) is 0 Å². The third kappa shape index (κ3) is 3.48. The minimum atomic E-state index is 0.115. The second-order valence-corrected chi connectivity index (χ2v) is 8.77. The van der Waals surface area contributed by atoms with Crippen molar-refractivity contribution in [1.82, 2.24) is 24.4 Å². The molecule has 4 aromatic rings. The van der Waals surface area contributed by atoms with Crippen LogP contribution in [0.25, 0.3) is 16.9 Å². The number of aromatic nitrogens is 4. The van der Waals surface area contributed by atoms with Crippen LogP contribution in [0.4, 0.5) is 11.6 Å². The molecule has 2 fully saturated rings. The van der Waals surface area contributed by atoms with Crippen LogP contribution in [0.1, 0.15) is 31.4 Å². The number of hydrogen-bond donors (Lipinski definition) is 1. The van der Waals surface area contributed by atoms with Gasteiger partial charge in [0.2, 0.25) is 5.95 Å². The lowest BCUT2D eigenvalue weighted by Gasteiger charge is -2.19. The molecule has 0 bridgehead atoms. The van der Waals surface area contributed by atoms with E-state index in [2.05, 4.69) is 62.3 Å². The number of benzene rings is 2. The van der Waals surface area contributed by atoms with E-state index in [1.807, 2.05) is 35.2 Å². The minimum Gasteiger partial charge on any atom is -0.357 e. The highest BCUT2D eigenvalue weighted by Crippen LogP contribution is 2.30. The fraction of sp³-hybridized carbons (Fsp3) is 0.320. The number of rotatable bonds is 5. The van der Waals surface area contributed by atoms with Crippen molar-refractivity contribution in [2.24, 2.45) is 0 Å². The first kappa shape index (κ1) is 19.3. The van der Waals surface area contributed by atoms with Crippen molar-refractivity contribution in [2.45, 2.75) is 31.8 Å². The van der Waals surface area contributed by atoms with Gasteiger partial charge in [-0.2, -0.15) is 4.98 Å². The van der Waals surface area contributed by atoms with Crippen molar-refractivity contribution in [3.05, 3.63) is 72.7 Å². The lowest BCUT2D eigenvalue weighted by molar-refractivity contribution is 0.330. The van der Waals surface area contributed by atoms with Crippen LogP contribution in [0.2, 0.25) is 0 Å². The van der Waals surface area contributed by atoms with E-state index >= 15 is 0 Å². The van der Waals surface area contributed by atoms with Crippen molar-refractivity contribution >= 4 is 22.7 Å². The maximum atomic E-state index is 4.75. The van der Waals surface area contributed by atoms with Gasteiger partial charge in [-0.05, 0) is 49.6 Å². The van der Waals surface area contributed by atoms with Gasteiger partial charge in [-0.3, -0.25) is 9.47 Å². The smallest absolute Gasteiger partial charge is 0.225 e. The van der Waals surface area contributed by atoms with E-state index in [4.69, 9.17) is 4.98 Å². The summed E-state index contributed by atoms with van der Waals surface area (Å²) in [6.45, 7) is 5.48. The standard InChI is InChI=1S/C25H27N7/c1-18(19-6-3-2-4-7-19)28-25-26-12-11-24(29-25)32-16-27-22-14-20(9-10-23(22)32)31-15-21-8-5-13-30(21)17-31/h2-4,6-7,9-12,14,16,18,21H,5,8,13,15,17H2,1H3,(H,26,28,29)/t18-,21?/m0/s1. The first-order chi connectivity index (χ1) is 15.7. The molecular formula is C25H27N7. The summed E-state index contributed by atoms with van der Waals surface area (Å²) in [4.78, 5) is 18.9. The molecule has 7 heteroatoms. The van der Waals surface area contributed by atoms with Crippen LogP contribution in [0.5, 0.6) is 0 Å². The van der Waals surface area contributed by atoms with E-state index in [9.17, 15) is 0 Å². The normalized spacial score (nSPS) is 19.4. The van der Waals surface area contributed by atoms with Gasteiger partial charge in [-0.1, -0.05) is 30.3 Å². The Balaban J connectivity index is 1.25. The fourth-order valence-electron chi connectivity index (χ4n) is 4.96. The highest BCUT2D eigenvalue weighted by atomic mass is 15.4. The average molecular weight is 426 g/mol. The fourth-order valence-corrected chi connectivity index (χ4v) is 4.96. The highest BCUT2D eigenvalue weighted by Gasteiger charge is 2.33. The summed E-state index contributed by atoms with van der Waals surface area (Å²) in [6, 6.07) is 19.6. The molecule has 32 heavy (non-hydrogen) atoms. The number of nitrogens with zero attached hydrogens (tertiary/aromatic N) is 6. The van der Waals surface area contributed by atoms with Crippen LogP contribution >= 0.6 is 0 Å². The topological polar surface area (TPSA) is 62.1 Å². The molecule has 2 atom stereocenters. The molecule has 6 rings (SSSR count). The second-order valence-electron chi connectivity index (χ2n) is 8.77. The van der Waals surface area contributed by atoms with E-state index in [-0.39, 0.29) is 6.04 Å². The number of nitrogens with one attached hydrogen (secondary N) is 1. The van der Waals surface area contributed by atoms with Gasteiger partial charge < -0.3 is 10.2 Å². The summed E-state index contributed by atoms with van der Waals surface area (Å²) in [5.41, 5.74) is 4.48. The number of hydrogen-bond acceptors (Lipinski definition) is 6. The van der Waals surface area contributed by atoms with E-state index < -0.39 is 0 Å². The molecule has 0 amide bonds. The predicted octanol–water partition coefficient (Wildman–Crippen LogP) is 4.23. The molecule has 0 radical (unpaired) electrons. The molecule has 4 heterocycles. The number of anilines is 2. The zero-order valence-corrected chi connectivity index (χ0v) is 18.2. The van der Waals surface area contributed by atoms with Gasteiger partial charge in [0.15, 0.2) is 0 Å². The molecule has 0 aliphatic carbocycles. The monoisotopic (exact) mass is 425 g/mol. The van der Waals surface area contributed by atoms with Crippen molar-refractivity contribution in [3.8, 4) is 5.82 Å². The molecule has 2 aliphatic heterocycles. The molecule has 162 valence electrons. The molecule has 2 saturated heterocycles. The van der Waals surface area contributed by atoms with Crippen LogP contribution in [0.3, 0.4) is 0 Å². The Hall–Kier alpha value is -3.45.